The topological polar surface area (TPSA) is 93.2 Å². The molecular weight excluding hydrogens is 463 g/mol. The molecule has 1 aliphatic rings. The first kappa shape index (κ1) is 24.2. The molecule has 1 atom stereocenters. The van der Waals surface area contributed by atoms with Gasteiger partial charge in [-0.2, -0.15) is 5.26 Å². The van der Waals surface area contributed by atoms with Crippen LogP contribution in [0.4, 0.5) is 19.0 Å². The van der Waals surface area contributed by atoms with Crippen LogP contribution in [0, 0.1) is 35.7 Å². The van der Waals surface area contributed by atoms with Gasteiger partial charge < -0.3 is 9.64 Å². The van der Waals surface area contributed by atoms with Gasteiger partial charge in [0.1, 0.15) is 12.4 Å². The molecule has 0 N–H and O–H groups in total. The van der Waals surface area contributed by atoms with Gasteiger partial charge in [-0.15, -0.1) is 0 Å². The summed E-state index contributed by atoms with van der Waals surface area (Å²) >= 11 is 0. The van der Waals surface area contributed by atoms with Crippen LogP contribution in [-0.2, 0) is 17.7 Å². The molecule has 4 rings (SSSR count). The predicted octanol–water partition coefficient (Wildman–Crippen LogP) is 2.46. The number of hydrogen-bond acceptors (Lipinski definition) is 6. The van der Waals surface area contributed by atoms with E-state index in [1.807, 2.05) is 6.07 Å². The Labute approximate surface area is 198 Å². The summed E-state index contributed by atoms with van der Waals surface area (Å²) in [4.78, 5) is 33.0. The molecule has 1 fully saturated rings. The number of methoxy groups -OCH3 is 1. The predicted molar refractivity (Wildman–Crippen MR) is 121 cm³/mol. The van der Waals surface area contributed by atoms with E-state index in [1.54, 1.807) is 31.2 Å². The van der Waals surface area contributed by atoms with Crippen LogP contribution in [0.2, 0.25) is 0 Å². The van der Waals surface area contributed by atoms with Gasteiger partial charge in [-0.05, 0) is 42.7 Å². The number of pyridine rings is 1. The van der Waals surface area contributed by atoms with E-state index < -0.39 is 28.7 Å². The molecule has 35 heavy (non-hydrogen) atoms. The van der Waals surface area contributed by atoms with Crippen LogP contribution in [0.3, 0.4) is 0 Å². The van der Waals surface area contributed by atoms with Gasteiger partial charge in [0.15, 0.2) is 17.5 Å². The zero-order valence-electron chi connectivity index (χ0n) is 19.1. The van der Waals surface area contributed by atoms with Crippen molar-refractivity contribution in [2.24, 2.45) is 0 Å². The molecule has 0 radical (unpaired) electrons. The fraction of sp³-hybridized carbons (Fsp3) is 0.333. The van der Waals surface area contributed by atoms with E-state index in [4.69, 9.17) is 4.74 Å². The Morgan fingerprint density at radius 2 is 1.89 bits per heavy atom. The van der Waals surface area contributed by atoms with Crippen molar-refractivity contribution in [1.82, 2.24) is 14.1 Å². The zero-order chi connectivity index (χ0) is 25.3. The van der Waals surface area contributed by atoms with Crippen molar-refractivity contribution in [1.29, 1.82) is 5.26 Å². The highest BCUT2D eigenvalue weighted by molar-refractivity contribution is 5.52. The monoisotopic (exact) mass is 485 g/mol. The quantitative estimate of drug-likeness (QED) is 0.498. The van der Waals surface area contributed by atoms with E-state index in [0.717, 1.165) is 21.3 Å². The standard InChI is InChI=1S/C24H22F3N5O3/c1-14-7-16(12-29-11-14)32-23(33)18(8-15-9-19(25)21(27)20(26)10-15)22(31(6-4-28)24(32)34)30-5-3-17(13-30)35-2/h7,9-12,17H,3,5-6,8,13H2,1-2H3. The number of aromatic nitrogens is 3. The molecule has 0 bridgehead atoms. The molecule has 1 aromatic carbocycles. The second-order valence-electron chi connectivity index (χ2n) is 8.33. The summed E-state index contributed by atoms with van der Waals surface area (Å²) in [5, 5.41) is 9.47. The van der Waals surface area contributed by atoms with Gasteiger partial charge in [0.25, 0.3) is 5.56 Å². The highest BCUT2D eigenvalue weighted by atomic mass is 19.2. The van der Waals surface area contributed by atoms with Crippen molar-refractivity contribution < 1.29 is 17.9 Å². The van der Waals surface area contributed by atoms with Crippen LogP contribution < -0.4 is 16.1 Å². The average Bonchev–Trinajstić information content (AvgIpc) is 3.30. The van der Waals surface area contributed by atoms with Gasteiger partial charge in [0.05, 0.1) is 29.6 Å². The molecule has 0 saturated carbocycles. The maximum absolute atomic E-state index is 14.0. The second kappa shape index (κ2) is 9.76. The van der Waals surface area contributed by atoms with Crippen molar-refractivity contribution in [3.63, 3.8) is 0 Å². The van der Waals surface area contributed by atoms with E-state index in [9.17, 15) is 28.0 Å². The fourth-order valence-electron chi connectivity index (χ4n) is 4.34. The van der Waals surface area contributed by atoms with Gasteiger partial charge in [-0.1, -0.05) is 0 Å². The third kappa shape index (κ3) is 4.57. The van der Waals surface area contributed by atoms with Crippen molar-refractivity contribution in [2.45, 2.75) is 32.4 Å². The van der Waals surface area contributed by atoms with Crippen molar-refractivity contribution >= 4 is 5.82 Å². The van der Waals surface area contributed by atoms with Crippen LogP contribution in [0.5, 0.6) is 0 Å². The Balaban J connectivity index is 2.01. The third-order valence-corrected chi connectivity index (χ3v) is 5.96. The van der Waals surface area contributed by atoms with Gasteiger partial charge in [-0.25, -0.2) is 22.5 Å². The lowest BCUT2D eigenvalue weighted by molar-refractivity contribution is 0.121. The molecule has 0 aliphatic carbocycles. The Bertz CT molecular complexity index is 1420. The summed E-state index contributed by atoms with van der Waals surface area (Å²) in [5.74, 6) is -4.23. The summed E-state index contributed by atoms with van der Waals surface area (Å²) in [6.07, 6.45) is 3.03. The van der Waals surface area contributed by atoms with Crippen LogP contribution in [0.15, 0.2) is 40.2 Å². The first-order chi connectivity index (χ1) is 16.7. The molecule has 3 heterocycles. The minimum atomic E-state index is -1.62. The van der Waals surface area contributed by atoms with Gasteiger partial charge in [0, 0.05) is 32.8 Å². The molecule has 8 nitrogen and oxygen atoms in total. The second-order valence-corrected chi connectivity index (χ2v) is 8.33. The Hall–Kier alpha value is -3.91. The molecule has 0 amide bonds. The maximum Gasteiger partial charge on any atom is 0.338 e. The first-order valence-corrected chi connectivity index (χ1v) is 10.8. The molecule has 11 heteroatoms. The molecule has 3 aromatic rings. The lowest BCUT2D eigenvalue weighted by Gasteiger charge is -2.26. The summed E-state index contributed by atoms with van der Waals surface area (Å²) in [5.41, 5.74) is -0.567. The fourth-order valence-corrected chi connectivity index (χ4v) is 4.34. The Morgan fingerprint density at radius 3 is 2.49 bits per heavy atom. The zero-order valence-corrected chi connectivity index (χ0v) is 19.1. The molecule has 1 unspecified atom stereocenters. The summed E-state index contributed by atoms with van der Waals surface area (Å²) in [7, 11) is 1.55. The summed E-state index contributed by atoms with van der Waals surface area (Å²) in [6, 6.07) is 5.15. The van der Waals surface area contributed by atoms with Crippen LogP contribution >= 0.6 is 0 Å². The highest BCUT2D eigenvalue weighted by Gasteiger charge is 2.30. The van der Waals surface area contributed by atoms with Crippen LogP contribution in [0.25, 0.3) is 5.69 Å². The first-order valence-electron chi connectivity index (χ1n) is 10.8. The average molecular weight is 485 g/mol. The van der Waals surface area contributed by atoms with Gasteiger partial charge in [0.2, 0.25) is 0 Å². The normalized spacial score (nSPS) is 15.4. The Morgan fingerprint density at radius 1 is 1.17 bits per heavy atom. The van der Waals surface area contributed by atoms with E-state index in [2.05, 4.69) is 4.98 Å². The van der Waals surface area contributed by atoms with Crippen molar-refractivity contribution in [3.05, 3.63) is 85.6 Å². The number of nitrogens with zero attached hydrogens (tertiary/aromatic N) is 5. The maximum atomic E-state index is 14.0. The Kier molecular flexibility index (Phi) is 6.75. The summed E-state index contributed by atoms with van der Waals surface area (Å²) in [6.45, 7) is 2.14. The summed E-state index contributed by atoms with van der Waals surface area (Å²) < 4.78 is 48.9. The molecular formula is C24H22F3N5O3. The van der Waals surface area contributed by atoms with Crippen molar-refractivity contribution in [3.8, 4) is 11.8 Å². The largest absolute Gasteiger partial charge is 0.380 e. The third-order valence-electron chi connectivity index (χ3n) is 5.96. The number of anilines is 1. The molecule has 2 aromatic heterocycles. The number of aryl methyl sites for hydroxylation is 1. The smallest absolute Gasteiger partial charge is 0.338 e. The van der Waals surface area contributed by atoms with Gasteiger partial charge in [-0.3, -0.25) is 14.3 Å². The molecule has 1 aliphatic heterocycles. The molecule has 1 saturated heterocycles. The number of nitriles is 1. The van der Waals surface area contributed by atoms with E-state index in [1.165, 1.54) is 6.20 Å². The number of benzene rings is 1. The molecule has 182 valence electrons. The number of ether oxygens (including phenoxy) is 1. The number of halogens is 3. The van der Waals surface area contributed by atoms with Crippen LogP contribution in [-0.4, -0.2) is 40.4 Å². The SMILES string of the molecule is COC1CCN(c2c(Cc3cc(F)c(F)c(F)c3)c(=O)n(-c3cncc(C)c3)c(=O)n2CC#N)C1. The number of hydrogen-bond donors (Lipinski definition) is 0. The minimum Gasteiger partial charge on any atom is -0.380 e. The lowest BCUT2D eigenvalue weighted by atomic mass is 10.0. The van der Waals surface area contributed by atoms with E-state index in [-0.39, 0.29) is 41.7 Å². The highest BCUT2D eigenvalue weighted by Crippen LogP contribution is 2.26. The van der Waals surface area contributed by atoms with E-state index in [0.29, 0.717) is 25.1 Å². The van der Waals surface area contributed by atoms with E-state index >= 15 is 0 Å². The van der Waals surface area contributed by atoms with Crippen LogP contribution in [0.1, 0.15) is 23.1 Å². The lowest BCUT2D eigenvalue weighted by Crippen LogP contribution is -2.44. The molecule has 0 spiro atoms. The minimum absolute atomic E-state index is 0.00156. The van der Waals surface area contributed by atoms with Crippen molar-refractivity contribution in [2.75, 3.05) is 25.1 Å². The van der Waals surface area contributed by atoms with Gasteiger partial charge >= 0.3 is 5.69 Å². The number of rotatable bonds is 6.